The Bertz CT molecular complexity index is 480. The molecule has 0 aromatic carbocycles. The van der Waals surface area contributed by atoms with E-state index < -0.39 is 0 Å². The van der Waals surface area contributed by atoms with Crippen LogP contribution in [0.3, 0.4) is 0 Å². The van der Waals surface area contributed by atoms with Crippen molar-refractivity contribution >= 4 is 0 Å². The highest BCUT2D eigenvalue weighted by atomic mass is 15.1. The number of aromatic nitrogens is 2. The molecule has 0 radical (unpaired) electrons. The molecule has 1 aromatic heterocycles. The van der Waals surface area contributed by atoms with Gasteiger partial charge in [-0.2, -0.15) is 0 Å². The average molecular weight is 258 g/mol. The van der Waals surface area contributed by atoms with Crippen molar-refractivity contribution in [1.29, 1.82) is 0 Å². The molecule has 2 heterocycles. The molecule has 1 aromatic rings. The Balaban J connectivity index is 1.18. The van der Waals surface area contributed by atoms with E-state index in [-0.39, 0.29) is 0 Å². The molecule has 1 aliphatic heterocycles. The number of imidazole rings is 1. The fourth-order valence-corrected chi connectivity index (χ4v) is 5.25. The quantitative estimate of drug-likeness (QED) is 0.760. The summed E-state index contributed by atoms with van der Waals surface area (Å²) < 4.78 is 0. The number of rotatable bonds is 3. The first kappa shape index (κ1) is 10.9. The van der Waals surface area contributed by atoms with Gasteiger partial charge in [0.1, 0.15) is 0 Å². The number of hydrogen-bond donors (Lipinski definition) is 3. The number of hydrogen-bond acceptors (Lipinski definition) is 3. The third-order valence-corrected chi connectivity index (χ3v) is 6.15. The summed E-state index contributed by atoms with van der Waals surface area (Å²) in [5, 5.41) is 7.47. The molecule has 19 heavy (non-hydrogen) atoms. The molecule has 4 aliphatic rings. The molecule has 0 spiro atoms. The molecule has 3 saturated carbocycles. The Labute approximate surface area is 113 Å². The van der Waals surface area contributed by atoms with E-state index in [2.05, 4.69) is 20.6 Å². The zero-order valence-electron chi connectivity index (χ0n) is 11.2. The van der Waals surface area contributed by atoms with Gasteiger partial charge in [0.2, 0.25) is 0 Å². The van der Waals surface area contributed by atoms with E-state index in [0.29, 0.717) is 6.04 Å². The summed E-state index contributed by atoms with van der Waals surface area (Å²) in [6.07, 6.45) is 7.47. The second-order valence-corrected chi connectivity index (χ2v) is 7.03. The Kier molecular flexibility index (Phi) is 2.19. The zero-order chi connectivity index (χ0) is 12.4. The summed E-state index contributed by atoms with van der Waals surface area (Å²) in [4.78, 5) is 7.63. The highest BCUT2D eigenvalue weighted by Crippen LogP contribution is 2.65. The summed E-state index contributed by atoms with van der Waals surface area (Å²) >= 11 is 0. The first-order valence-electron chi connectivity index (χ1n) is 7.88. The van der Waals surface area contributed by atoms with Gasteiger partial charge in [0.25, 0.3) is 0 Å². The van der Waals surface area contributed by atoms with Gasteiger partial charge in [0.05, 0.1) is 17.7 Å². The molecule has 102 valence electrons. The van der Waals surface area contributed by atoms with Crippen LogP contribution in [0.1, 0.15) is 30.7 Å². The van der Waals surface area contributed by atoms with Crippen LogP contribution in [0.15, 0.2) is 6.33 Å². The Morgan fingerprint density at radius 3 is 2.95 bits per heavy atom. The lowest BCUT2D eigenvalue weighted by molar-refractivity contribution is 0.404. The first-order chi connectivity index (χ1) is 9.40. The molecule has 2 bridgehead atoms. The molecule has 5 rings (SSSR count). The van der Waals surface area contributed by atoms with Crippen molar-refractivity contribution in [2.45, 2.75) is 44.3 Å². The summed E-state index contributed by atoms with van der Waals surface area (Å²) in [5.41, 5.74) is 2.54. The van der Waals surface area contributed by atoms with Gasteiger partial charge in [-0.15, -0.1) is 0 Å². The van der Waals surface area contributed by atoms with Gasteiger partial charge >= 0.3 is 0 Å². The fourth-order valence-electron chi connectivity index (χ4n) is 5.25. The van der Waals surface area contributed by atoms with Crippen LogP contribution < -0.4 is 10.6 Å². The second-order valence-electron chi connectivity index (χ2n) is 7.03. The number of nitrogens with zero attached hydrogens (tertiary/aromatic N) is 1. The molecular formula is C15H22N4. The first-order valence-corrected chi connectivity index (χ1v) is 7.88. The molecule has 4 nitrogen and oxygen atoms in total. The average Bonchev–Trinajstić information content (AvgIpc) is 2.85. The molecular weight excluding hydrogens is 236 g/mol. The SMILES string of the molecule is c1nc2c([nH]1)CNC(CNC1C3C4CCC(C4)C13)C2. The Morgan fingerprint density at radius 1 is 1.26 bits per heavy atom. The van der Waals surface area contributed by atoms with E-state index in [1.165, 1.54) is 24.2 Å². The predicted molar refractivity (Wildman–Crippen MR) is 72.5 cm³/mol. The lowest BCUT2D eigenvalue weighted by Crippen LogP contribution is -2.44. The van der Waals surface area contributed by atoms with Crippen LogP contribution in [0.2, 0.25) is 0 Å². The van der Waals surface area contributed by atoms with Gasteiger partial charge in [-0.05, 0) is 42.9 Å². The van der Waals surface area contributed by atoms with E-state index in [1.54, 1.807) is 6.42 Å². The van der Waals surface area contributed by atoms with Crippen molar-refractivity contribution in [2.24, 2.45) is 23.7 Å². The van der Waals surface area contributed by atoms with Crippen molar-refractivity contribution in [1.82, 2.24) is 20.6 Å². The second kappa shape index (κ2) is 3.83. The highest BCUT2D eigenvalue weighted by Gasteiger charge is 2.64. The highest BCUT2D eigenvalue weighted by molar-refractivity contribution is 5.18. The maximum Gasteiger partial charge on any atom is 0.0925 e. The van der Waals surface area contributed by atoms with Crippen molar-refractivity contribution in [3.63, 3.8) is 0 Å². The maximum absolute atomic E-state index is 4.42. The maximum atomic E-state index is 4.42. The molecule has 3 aliphatic carbocycles. The molecule has 3 N–H and O–H groups in total. The van der Waals surface area contributed by atoms with Gasteiger partial charge in [-0.1, -0.05) is 0 Å². The number of fused-ring (bicyclic) bond motifs is 6. The van der Waals surface area contributed by atoms with Crippen LogP contribution in [0.5, 0.6) is 0 Å². The van der Waals surface area contributed by atoms with Crippen LogP contribution in [-0.2, 0) is 13.0 Å². The summed E-state index contributed by atoms with van der Waals surface area (Å²) in [6.45, 7) is 2.06. The summed E-state index contributed by atoms with van der Waals surface area (Å²) in [5.74, 6) is 4.24. The monoisotopic (exact) mass is 258 g/mol. The minimum Gasteiger partial charge on any atom is -0.347 e. The standard InChI is InChI=1S/C15H22N4/c1-2-9-3-8(1)13-14(9)15(13)17-5-10-4-11-12(6-16-10)19-7-18-11/h7-10,13-17H,1-6H2,(H,18,19). The van der Waals surface area contributed by atoms with Crippen molar-refractivity contribution in [3.05, 3.63) is 17.7 Å². The van der Waals surface area contributed by atoms with Gasteiger partial charge in [-0.25, -0.2) is 4.98 Å². The van der Waals surface area contributed by atoms with E-state index in [0.717, 1.165) is 49.2 Å². The fraction of sp³-hybridized carbons (Fsp3) is 0.800. The predicted octanol–water partition coefficient (Wildman–Crippen LogP) is 1.06. The third-order valence-electron chi connectivity index (χ3n) is 6.15. The minimum atomic E-state index is 0.565. The van der Waals surface area contributed by atoms with Crippen LogP contribution in [0.25, 0.3) is 0 Å². The molecule has 0 saturated heterocycles. The van der Waals surface area contributed by atoms with Gasteiger partial charge < -0.3 is 15.6 Å². The van der Waals surface area contributed by atoms with E-state index in [1.807, 2.05) is 6.33 Å². The van der Waals surface area contributed by atoms with E-state index in [9.17, 15) is 0 Å². The number of aromatic amines is 1. The van der Waals surface area contributed by atoms with Crippen molar-refractivity contribution in [2.75, 3.05) is 6.54 Å². The van der Waals surface area contributed by atoms with Crippen molar-refractivity contribution < 1.29 is 0 Å². The van der Waals surface area contributed by atoms with Crippen LogP contribution >= 0.6 is 0 Å². The number of H-pyrrole nitrogens is 1. The van der Waals surface area contributed by atoms with Crippen LogP contribution in [0.4, 0.5) is 0 Å². The van der Waals surface area contributed by atoms with Gasteiger partial charge in [-0.3, -0.25) is 0 Å². The van der Waals surface area contributed by atoms with E-state index >= 15 is 0 Å². The number of nitrogens with one attached hydrogen (secondary N) is 3. The zero-order valence-corrected chi connectivity index (χ0v) is 11.2. The van der Waals surface area contributed by atoms with E-state index in [4.69, 9.17) is 0 Å². The molecule has 3 fully saturated rings. The molecule has 5 unspecified atom stereocenters. The van der Waals surface area contributed by atoms with Crippen LogP contribution in [-0.4, -0.2) is 28.6 Å². The Hall–Kier alpha value is -0.870. The molecule has 5 atom stereocenters. The smallest absolute Gasteiger partial charge is 0.0925 e. The molecule has 4 heteroatoms. The summed E-state index contributed by atoms with van der Waals surface area (Å²) in [6, 6.07) is 1.42. The normalized spacial score (nSPS) is 46.1. The summed E-state index contributed by atoms with van der Waals surface area (Å²) in [7, 11) is 0. The third kappa shape index (κ3) is 1.56. The lowest BCUT2D eigenvalue weighted by Gasteiger charge is -2.24. The topological polar surface area (TPSA) is 52.7 Å². The molecule has 0 amide bonds. The van der Waals surface area contributed by atoms with Gasteiger partial charge in [0, 0.05) is 31.6 Å². The largest absolute Gasteiger partial charge is 0.347 e. The van der Waals surface area contributed by atoms with Crippen molar-refractivity contribution in [3.8, 4) is 0 Å². The Morgan fingerprint density at radius 2 is 2.11 bits per heavy atom. The van der Waals surface area contributed by atoms with Crippen LogP contribution in [0, 0.1) is 23.7 Å². The minimum absolute atomic E-state index is 0.565. The van der Waals surface area contributed by atoms with Gasteiger partial charge in [0.15, 0.2) is 0 Å². The lowest BCUT2D eigenvalue weighted by atomic mass is 10.0.